The van der Waals surface area contributed by atoms with Gasteiger partial charge in [0.25, 0.3) is 0 Å². The van der Waals surface area contributed by atoms with Gasteiger partial charge in [-0.1, -0.05) is 48.5 Å². The topological polar surface area (TPSA) is 56.4 Å². The molecule has 0 spiro atoms. The lowest BCUT2D eigenvalue weighted by molar-refractivity contribution is -0.143. The lowest BCUT2D eigenvalue weighted by Gasteiger charge is -2.51. The van der Waals surface area contributed by atoms with E-state index in [0.29, 0.717) is 18.6 Å². The Balaban J connectivity index is 1.48. The van der Waals surface area contributed by atoms with E-state index in [0.717, 1.165) is 28.8 Å². The Kier molecular flexibility index (Phi) is 8.45. The van der Waals surface area contributed by atoms with Gasteiger partial charge >= 0.3 is 12.4 Å². The van der Waals surface area contributed by atoms with Crippen molar-refractivity contribution in [3.8, 4) is 0 Å². The fourth-order valence-corrected chi connectivity index (χ4v) is 6.44. The molecule has 3 aromatic carbocycles. The van der Waals surface area contributed by atoms with Crippen LogP contribution in [0.3, 0.4) is 0 Å². The number of hydrogen-bond acceptors (Lipinski definition) is 3. The van der Waals surface area contributed by atoms with Crippen molar-refractivity contribution >= 4 is 28.9 Å². The third kappa shape index (κ3) is 6.50. The first-order chi connectivity index (χ1) is 20.2. The number of rotatable bonds is 7. The number of fused-ring (bicyclic) bond motifs is 1. The van der Waals surface area contributed by atoms with Crippen LogP contribution in [0, 0.1) is 0 Å². The van der Waals surface area contributed by atoms with Crippen LogP contribution < -0.4 is 16.0 Å². The fraction of sp³-hybridized carbons (Fsp3) is 0.355. The summed E-state index contributed by atoms with van der Waals surface area (Å²) in [5.41, 5.74) is 0.783. The van der Waals surface area contributed by atoms with Crippen molar-refractivity contribution in [2.45, 2.75) is 49.1 Å². The minimum atomic E-state index is -5.00. The van der Waals surface area contributed by atoms with Crippen LogP contribution in [0.4, 0.5) is 32.0 Å². The maximum absolute atomic E-state index is 13.4. The average Bonchev–Trinajstić information content (AvgIpc) is 2.92. The van der Waals surface area contributed by atoms with E-state index in [9.17, 15) is 31.1 Å². The van der Waals surface area contributed by atoms with Gasteiger partial charge in [0.05, 0.1) is 23.2 Å². The van der Waals surface area contributed by atoms with E-state index in [1.165, 1.54) is 0 Å². The summed E-state index contributed by atoms with van der Waals surface area (Å²) in [5.74, 6) is -0.704. The Morgan fingerprint density at radius 1 is 0.767 bits per heavy atom. The summed E-state index contributed by atoms with van der Waals surface area (Å²) >= 11 is 5.47. The zero-order valence-electron chi connectivity index (χ0n) is 23.3. The SMILES string of the molecule is CN(C)CCCC(=O)NC1C2c3ccccc3C(c3ccccc32)C1NC(=S)Nc1cc(C(F)(F)F)cc(C(F)(F)F)c1. The van der Waals surface area contributed by atoms with Crippen LogP contribution in [0.2, 0.25) is 0 Å². The van der Waals surface area contributed by atoms with Crippen LogP contribution >= 0.6 is 12.2 Å². The number of amides is 1. The molecule has 2 bridgehead atoms. The summed E-state index contributed by atoms with van der Waals surface area (Å²) in [4.78, 5) is 15.1. The van der Waals surface area contributed by atoms with Crippen LogP contribution in [0.15, 0.2) is 66.7 Å². The summed E-state index contributed by atoms with van der Waals surface area (Å²) in [6.45, 7) is 0.725. The van der Waals surface area contributed by atoms with Gasteiger partial charge in [0, 0.05) is 23.9 Å². The molecule has 6 rings (SSSR count). The highest BCUT2D eigenvalue weighted by molar-refractivity contribution is 7.80. The number of nitrogens with one attached hydrogen (secondary N) is 3. The van der Waals surface area contributed by atoms with Crippen molar-refractivity contribution in [1.29, 1.82) is 0 Å². The van der Waals surface area contributed by atoms with Gasteiger partial charge in [-0.05, 0) is 79.7 Å². The zero-order valence-corrected chi connectivity index (χ0v) is 24.1. The number of hydrogen-bond donors (Lipinski definition) is 3. The summed E-state index contributed by atoms with van der Waals surface area (Å²) in [6, 6.07) is 15.9. The maximum atomic E-state index is 13.4. The summed E-state index contributed by atoms with van der Waals surface area (Å²) < 4.78 is 80.7. The second-order valence-corrected chi connectivity index (χ2v) is 11.5. The molecule has 2 atom stereocenters. The van der Waals surface area contributed by atoms with Crippen molar-refractivity contribution in [3.05, 3.63) is 100 Å². The molecular formula is C31H30F6N4OS. The number of carbonyl (C=O) groups is 1. The van der Waals surface area contributed by atoms with Gasteiger partial charge in [-0.3, -0.25) is 4.79 Å². The van der Waals surface area contributed by atoms with E-state index >= 15 is 0 Å². The molecule has 0 aliphatic heterocycles. The first-order valence-electron chi connectivity index (χ1n) is 13.7. The van der Waals surface area contributed by atoms with Crippen molar-refractivity contribution in [1.82, 2.24) is 15.5 Å². The molecule has 3 aliphatic rings. The van der Waals surface area contributed by atoms with Crippen LogP contribution in [0.25, 0.3) is 0 Å². The molecule has 0 radical (unpaired) electrons. The predicted molar refractivity (Wildman–Crippen MR) is 156 cm³/mol. The molecule has 0 heterocycles. The highest BCUT2D eigenvalue weighted by Crippen LogP contribution is 2.52. The molecule has 5 nitrogen and oxygen atoms in total. The molecule has 0 aromatic heterocycles. The summed E-state index contributed by atoms with van der Waals surface area (Å²) in [7, 11) is 3.84. The molecule has 0 saturated heterocycles. The number of carbonyl (C=O) groups excluding carboxylic acids is 1. The van der Waals surface area contributed by atoms with Crippen molar-refractivity contribution < 1.29 is 31.1 Å². The van der Waals surface area contributed by atoms with Crippen LogP contribution in [-0.4, -0.2) is 48.6 Å². The molecular weight excluding hydrogens is 590 g/mol. The summed E-state index contributed by atoms with van der Waals surface area (Å²) in [6.07, 6.45) is -9.06. The first-order valence-corrected chi connectivity index (χ1v) is 14.1. The van der Waals surface area contributed by atoms with E-state index < -0.39 is 41.3 Å². The van der Waals surface area contributed by atoms with Gasteiger partial charge in [0.1, 0.15) is 0 Å². The van der Waals surface area contributed by atoms with E-state index in [4.69, 9.17) is 12.2 Å². The number of nitrogens with zero attached hydrogens (tertiary/aromatic N) is 1. The number of anilines is 1. The molecule has 228 valence electrons. The second-order valence-electron chi connectivity index (χ2n) is 11.1. The monoisotopic (exact) mass is 620 g/mol. The Hall–Kier alpha value is -3.64. The molecule has 3 N–H and O–H groups in total. The molecule has 43 heavy (non-hydrogen) atoms. The van der Waals surface area contributed by atoms with Crippen molar-refractivity contribution in [3.63, 3.8) is 0 Å². The van der Waals surface area contributed by atoms with E-state index in [1.54, 1.807) is 0 Å². The first kappa shape index (κ1) is 30.8. The van der Waals surface area contributed by atoms with E-state index in [1.807, 2.05) is 67.5 Å². The molecule has 12 heteroatoms. The molecule has 0 saturated carbocycles. The predicted octanol–water partition coefficient (Wildman–Crippen LogP) is 6.50. The number of thiocarbonyl (C=S) groups is 1. The Morgan fingerprint density at radius 2 is 1.21 bits per heavy atom. The summed E-state index contributed by atoms with van der Waals surface area (Å²) in [5, 5.41) is 8.72. The zero-order chi connectivity index (χ0) is 31.1. The normalized spacial score (nSPS) is 20.8. The number of benzene rings is 3. The average molecular weight is 621 g/mol. The minimum absolute atomic E-state index is 0.0669. The van der Waals surface area contributed by atoms with Crippen molar-refractivity contribution in [2.24, 2.45) is 0 Å². The van der Waals surface area contributed by atoms with Gasteiger partial charge in [-0.15, -0.1) is 0 Å². The maximum Gasteiger partial charge on any atom is 0.416 e. The van der Waals surface area contributed by atoms with Gasteiger partial charge in [-0.25, -0.2) is 0 Å². The van der Waals surface area contributed by atoms with Crippen LogP contribution in [0.1, 0.15) is 58.1 Å². The molecule has 3 aromatic rings. The Bertz CT molecular complexity index is 1440. The van der Waals surface area contributed by atoms with E-state index in [2.05, 4.69) is 16.0 Å². The van der Waals surface area contributed by atoms with E-state index in [-0.39, 0.29) is 35.3 Å². The van der Waals surface area contributed by atoms with Gasteiger partial charge in [0.2, 0.25) is 5.91 Å². The largest absolute Gasteiger partial charge is 0.416 e. The number of halogens is 6. The third-order valence-electron chi connectivity index (χ3n) is 7.92. The second kappa shape index (κ2) is 11.8. The van der Waals surface area contributed by atoms with Crippen molar-refractivity contribution in [2.75, 3.05) is 26.0 Å². The van der Waals surface area contributed by atoms with Gasteiger partial charge in [0.15, 0.2) is 5.11 Å². The fourth-order valence-electron chi connectivity index (χ4n) is 6.18. The molecule has 2 unspecified atom stereocenters. The Labute approximate surface area is 250 Å². The quantitative estimate of drug-likeness (QED) is 0.208. The molecule has 0 fully saturated rings. The van der Waals surface area contributed by atoms with Crippen LogP contribution in [-0.2, 0) is 17.1 Å². The standard InChI is InChI=1S/C31H30F6N4OS/c1-41(2)13-7-12-24(42)39-27-25-20-8-3-5-10-22(20)26(23-11-6-4-9-21(23)25)28(27)40-29(43)38-19-15-17(30(32,33)34)14-18(16-19)31(35,36)37/h3-6,8-11,14-16,25-28H,7,12-13H2,1-2H3,(H,39,42)(H2,38,40,43). The number of alkyl halides is 6. The molecule has 1 amide bonds. The minimum Gasteiger partial charge on any atom is -0.357 e. The Morgan fingerprint density at radius 3 is 1.63 bits per heavy atom. The van der Waals surface area contributed by atoms with Gasteiger partial charge in [-0.2, -0.15) is 26.3 Å². The third-order valence-corrected chi connectivity index (χ3v) is 8.14. The smallest absolute Gasteiger partial charge is 0.357 e. The van der Waals surface area contributed by atoms with Gasteiger partial charge < -0.3 is 20.9 Å². The molecule has 3 aliphatic carbocycles. The van der Waals surface area contributed by atoms with Crippen LogP contribution in [0.5, 0.6) is 0 Å². The lowest BCUT2D eigenvalue weighted by Crippen LogP contribution is -2.62. The highest BCUT2D eigenvalue weighted by Gasteiger charge is 2.50. The highest BCUT2D eigenvalue weighted by atomic mass is 32.1. The lowest BCUT2D eigenvalue weighted by atomic mass is 9.59.